The Kier molecular flexibility index (Phi) is 6.45. The summed E-state index contributed by atoms with van der Waals surface area (Å²) in [5.74, 6) is 0. The number of hydrogen-bond acceptors (Lipinski definition) is 0. The molecule has 24 heavy (non-hydrogen) atoms. The van der Waals surface area contributed by atoms with E-state index in [1.54, 1.807) is 0 Å². The summed E-state index contributed by atoms with van der Waals surface area (Å²) in [5.41, 5.74) is 2.79. The third-order valence-electron chi connectivity index (χ3n) is 4.46. The van der Waals surface area contributed by atoms with Crippen LogP contribution < -0.4 is 10.6 Å². The van der Waals surface area contributed by atoms with Crippen molar-refractivity contribution < 1.29 is 0 Å². The monoisotopic (exact) mass is 450 g/mol. The van der Waals surface area contributed by atoms with Crippen LogP contribution in [0.4, 0.5) is 0 Å². The molecule has 0 spiro atoms. The molecule has 0 aromatic heterocycles. The summed E-state index contributed by atoms with van der Waals surface area (Å²) in [7, 11) is 0. The van der Waals surface area contributed by atoms with E-state index in [2.05, 4.69) is 123 Å². The van der Waals surface area contributed by atoms with Crippen molar-refractivity contribution in [3.8, 4) is 0 Å². The summed E-state index contributed by atoms with van der Waals surface area (Å²) in [4.78, 5) is 0. The predicted molar refractivity (Wildman–Crippen MR) is 122 cm³/mol. The van der Waals surface area contributed by atoms with E-state index in [9.17, 15) is 0 Å². The van der Waals surface area contributed by atoms with Crippen LogP contribution in [0.2, 0.25) is 0 Å². The van der Waals surface area contributed by atoms with Crippen LogP contribution in [0.3, 0.4) is 0 Å². The fourth-order valence-corrected chi connectivity index (χ4v) is 10.5. The average Bonchev–Trinajstić information content (AvgIpc) is 2.60. The first-order valence-corrected chi connectivity index (χ1v) is 13.9. The molecule has 0 fully saturated rings. The van der Waals surface area contributed by atoms with Crippen molar-refractivity contribution in [3.05, 3.63) is 84.0 Å². The van der Waals surface area contributed by atoms with Gasteiger partial charge in [0.2, 0.25) is 0 Å². The number of hydrogen-bond donors (Lipinski definition) is 0. The minimum absolute atomic E-state index is 1.10. The van der Waals surface area contributed by atoms with Crippen LogP contribution in [0, 0.1) is 0 Å². The predicted octanol–water partition coefficient (Wildman–Crippen LogP) is 6.47. The molecule has 0 aliphatic rings. The second-order valence-electron chi connectivity index (χ2n) is 6.98. The van der Waals surface area contributed by atoms with Crippen molar-refractivity contribution in [1.82, 2.24) is 0 Å². The van der Waals surface area contributed by atoms with Crippen molar-refractivity contribution in [3.63, 3.8) is 0 Å². The molecule has 0 amide bonds. The standard InChI is InChI=1S/C22H28IP/c1-19(2)15-17-24(23,18-16-20(3)4,21-11-7-5-8-12-21)22-13-9-6-10-14-22/h5-16H,17-18H2,1-4H3. The summed E-state index contributed by atoms with van der Waals surface area (Å²) >= 11 is 2.85. The third kappa shape index (κ3) is 4.18. The molecule has 0 nitrogen and oxygen atoms in total. The van der Waals surface area contributed by atoms with Crippen LogP contribution in [-0.2, 0) is 0 Å². The molecule has 2 rings (SSSR count). The van der Waals surface area contributed by atoms with Crippen molar-refractivity contribution in [2.45, 2.75) is 27.7 Å². The molecule has 0 heterocycles. The Morgan fingerprint density at radius 3 is 1.33 bits per heavy atom. The second kappa shape index (κ2) is 7.97. The molecule has 0 N–H and O–H groups in total. The van der Waals surface area contributed by atoms with E-state index in [0.717, 1.165) is 12.3 Å². The van der Waals surface area contributed by atoms with Gasteiger partial charge in [-0.3, -0.25) is 0 Å². The van der Waals surface area contributed by atoms with Gasteiger partial charge in [0, 0.05) is 0 Å². The van der Waals surface area contributed by atoms with Gasteiger partial charge >= 0.3 is 161 Å². The zero-order chi connectivity index (χ0) is 17.7. The van der Waals surface area contributed by atoms with E-state index >= 15 is 0 Å². The molecule has 2 aromatic rings. The van der Waals surface area contributed by atoms with Gasteiger partial charge < -0.3 is 0 Å². The quantitative estimate of drug-likeness (QED) is 0.269. The van der Waals surface area contributed by atoms with E-state index in [4.69, 9.17) is 0 Å². The Bertz CT molecular complexity index is 658. The van der Waals surface area contributed by atoms with Gasteiger partial charge in [0.15, 0.2) is 0 Å². The summed E-state index contributed by atoms with van der Waals surface area (Å²) in [5, 5.41) is 2.98. The Hall–Kier alpha value is -0.920. The maximum absolute atomic E-state index is 2.85. The Labute approximate surface area is 160 Å². The molecule has 0 atom stereocenters. The van der Waals surface area contributed by atoms with E-state index in [1.165, 1.54) is 21.8 Å². The average molecular weight is 450 g/mol. The minimum atomic E-state index is -2.36. The molecular weight excluding hydrogens is 422 g/mol. The van der Waals surface area contributed by atoms with Crippen LogP contribution in [0.25, 0.3) is 0 Å². The summed E-state index contributed by atoms with van der Waals surface area (Å²) in [6, 6.07) is 22.3. The Balaban J connectivity index is 2.77. The fraction of sp³-hybridized carbons (Fsp3) is 0.273. The van der Waals surface area contributed by atoms with Gasteiger partial charge in [-0.05, 0) is 0 Å². The SMILES string of the molecule is CC(C)=CCP(I)(CC=C(C)C)(c1ccccc1)c1ccccc1. The van der Waals surface area contributed by atoms with Crippen molar-refractivity contribution in [2.75, 3.05) is 12.3 Å². The van der Waals surface area contributed by atoms with Crippen molar-refractivity contribution >= 4 is 36.9 Å². The van der Waals surface area contributed by atoms with E-state index in [0.29, 0.717) is 0 Å². The van der Waals surface area contributed by atoms with E-state index in [1.807, 2.05) is 0 Å². The zero-order valence-corrected chi connectivity index (χ0v) is 18.2. The number of halogens is 1. The molecule has 0 saturated carbocycles. The second-order valence-corrected chi connectivity index (χ2v) is 18.5. The van der Waals surface area contributed by atoms with Crippen molar-refractivity contribution in [2.24, 2.45) is 0 Å². The van der Waals surface area contributed by atoms with Crippen LogP contribution >= 0.6 is 26.3 Å². The van der Waals surface area contributed by atoms with Gasteiger partial charge in [-0.15, -0.1) is 0 Å². The number of benzene rings is 2. The first-order chi connectivity index (χ1) is 11.4. The van der Waals surface area contributed by atoms with Gasteiger partial charge in [0.05, 0.1) is 0 Å². The number of allylic oxidation sites excluding steroid dienone is 4. The normalized spacial score (nSPS) is 12.8. The molecule has 128 valence electrons. The molecule has 2 aromatic carbocycles. The first-order valence-electron chi connectivity index (χ1n) is 8.46. The van der Waals surface area contributed by atoms with Crippen LogP contribution in [-0.4, -0.2) is 12.3 Å². The molecule has 0 radical (unpaired) electrons. The van der Waals surface area contributed by atoms with Crippen LogP contribution in [0.5, 0.6) is 0 Å². The van der Waals surface area contributed by atoms with Gasteiger partial charge in [-0.25, -0.2) is 0 Å². The maximum atomic E-state index is 2.85. The van der Waals surface area contributed by atoms with E-state index in [-0.39, 0.29) is 0 Å². The molecule has 0 unspecified atom stereocenters. The topological polar surface area (TPSA) is 0 Å². The Morgan fingerprint density at radius 2 is 1.04 bits per heavy atom. The van der Waals surface area contributed by atoms with Crippen LogP contribution in [0.1, 0.15) is 27.7 Å². The Morgan fingerprint density at radius 1 is 0.708 bits per heavy atom. The van der Waals surface area contributed by atoms with Gasteiger partial charge in [-0.1, -0.05) is 0 Å². The zero-order valence-electron chi connectivity index (χ0n) is 15.2. The summed E-state index contributed by atoms with van der Waals surface area (Å²) < 4.78 is -2.36. The van der Waals surface area contributed by atoms with Crippen molar-refractivity contribution in [1.29, 1.82) is 0 Å². The molecule has 0 aliphatic heterocycles. The summed E-state index contributed by atoms with van der Waals surface area (Å²) in [6.45, 7) is 8.81. The summed E-state index contributed by atoms with van der Waals surface area (Å²) in [6.07, 6.45) is 7.07. The third-order valence-corrected chi connectivity index (χ3v) is 15.0. The van der Waals surface area contributed by atoms with Gasteiger partial charge in [-0.2, -0.15) is 0 Å². The van der Waals surface area contributed by atoms with Gasteiger partial charge in [0.25, 0.3) is 0 Å². The molecule has 0 saturated heterocycles. The fourth-order valence-electron chi connectivity index (χ4n) is 2.93. The van der Waals surface area contributed by atoms with Gasteiger partial charge in [0.1, 0.15) is 0 Å². The first kappa shape index (κ1) is 19.4. The molecule has 0 aliphatic carbocycles. The molecule has 0 bridgehead atoms. The number of rotatable bonds is 6. The van der Waals surface area contributed by atoms with E-state index < -0.39 is 4.25 Å². The van der Waals surface area contributed by atoms with Crippen LogP contribution in [0.15, 0.2) is 84.0 Å². The molecular formula is C22H28IP. The molecule has 2 heteroatoms.